The van der Waals surface area contributed by atoms with E-state index in [0.717, 1.165) is 56.8 Å². The summed E-state index contributed by atoms with van der Waals surface area (Å²) in [6.45, 7) is 13.7. The van der Waals surface area contributed by atoms with E-state index in [1.165, 1.54) is 4.90 Å². The molecule has 1 N–H and O–H groups in total. The highest BCUT2D eigenvalue weighted by atomic mass is 16.5. The van der Waals surface area contributed by atoms with Gasteiger partial charge in [0.15, 0.2) is 0 Å². The number of nitrogens with zero attached hydrogens (tertiary/aromatic N) is 1. The van der Waals surface area contributed by atoms with Gasteiger partial charge in [-0.05, 0) is 40.7 Å². The van der Waals surface area contributed by atoms with E-state index in [1.54, 1.807) is 29.2 Å². The van der Waals surface area contributed by atoms with Gasteiger partial charge in [-0.15, -0.1) is 0 Å². The van der Waals surface area contributed by atoms with Crippen molar-refractivity contribution in [3.63, 3.8) is 0 Å². The Balaban J connectivity index is 1.66. The summed E-state index contributed by atoms with van der Waals surface area (Å²) in [4.78, 5) is 29.6. The lowest BCUT2D eigenvalue weighted by Gasteiger charge is -2.29. The number of hydrogen-bond donors (Lipinski definition) is 1. The van der Waals surface area contributed by atoms with Crippen molar-refractivity contribution in [1.82, 2.24) is 4.90 Å². The van der Waals surface area contributed by atoms with Gasteiger partial charge in [0.2, 0.25) is 5.78 Å². The maximum Gasteiger partial charge on any atom is 0.295 e. The fourth-order valence-corrected chi connectivity index (χ4v) is 5.10. The van der Waals surface area contributed by atoms with Gasteiger partial charge in [0.25, 0.3) is 5.91 Å². The molecule has 2 saturated heterocycles. The van der Waals surface area contributed by atoms with Gasteiger partial charge >= 0.3 is 0 Å². The lowest BCUT2D eigenvalue weighted by Crippen LogP contribution is -3.14. The standard InChI is InChI=1S/C31H40N2O5/c1-5-19-38-25-13-9-23(10-14-25)28(34)26-27(22-7-11-24(12-8-22)31(2,3)4)33(30(36)29(26)35)16-6-15-32-17-20-37-21-18-32/h7-14,27,34H,5-6,15-21H2,1-4H3. The highest BCUT2D eigenvalue weighted by Gasteiger charge is 2.44. The summed E-state index contributed by atoms with van der Waals surface area (Å²) in [5.41, 5.74) is 2.29. The summed E-state index contributed by atoms with van der Waals surface area (Å²) >= 11 is 0. The fourth-order valence-electron chi connectivity index (χ4n) is 5.10. The zero-order valence-corrected chi connectivity index (χ0v) is 23.0. The van der Waals surface area contributed by atoms with E-state index in [9.17, 15) is 14.7 Å². The van der Waals surface area contributed by atoms with Gasteiger partial charge < -0.3 is 24.4 Å². The van der Waals surface area contributed by atoms with Crippen LogP contribution in [-0.2, 0) is 19.7 Å². The molecule has 4 rings (SSSR count). The SMILES string of the molecule is CCCOc1ccc(C([O-])=C2C(=O)C(=O)N(CCC[NH+]3CCOCC3)C2c2ccc(C(C)(C)C)cc2)cc1. The number of Topliss-reactive ketones (excluding diaryl/α,β-unsaturated/α-hetero) is 1. The topological polar surface area (TPSA) is 83.3 Å². The zero-order chi connectivity index (χ0) is 27.3. The van der Waals surface area contributed by atoms with Crippen LogP contribution in [0, 0.1) is 0 Å². The molecule has 7 heteroatoms. The summed E-state index contributed by atoms with van der Waals surface area (Å²) in [6, 6.07) is 14.1. The molecule has 0 radical (unpaired) electrons. The van der Waals surface area contributed by atoms with Crippen molar-refractivity contribution in [3.05, 3.63) is 70.8 Å². The van der Waals surface area contributed by atoms with Gasteiger partial charge in [-0.2, -0.15) is 0 Å². The lowest BCUT2D eigenvalue weighted by atomic mass is 9.85. The van der Waals surface area contributed by atoms with E-state index in [4.69, 9.17) is 9.47 Å². The normalized spacial score (nSPS) is 20.2. The van der Waals surface area contributed by atoms with E-state index < -0.39 is 23.5 Å². The molecule has 204 valence electrons. The third-order valence-electron chi connectivity index (χ3n) is 7.34. The second-order valence-corrected chi connectivity index (χ2v) is 11.2. The molecular formula is C31H40N2O5. The van der Waals surface area contributed by atoms with Crippen molar-refractivity contribution in [3.8, 4) is 5.75 Å². The van der Waals surface area contributed by atoms with Crippen LogP contribution >= 0.6 is 0 Å². The Labute approximate surface area is 226 Å². The average Bonchev–Trinajstić information content (AvgIpc) is 3.17. The second kappa shape index (κ2) is 12.1. The predicted molar refractivity (Wildman–Crippen MR) is 145 cm³/mol. The number of carbonyl (C=O) groups excluding carboxylic acids is 2. The molecule has 1 atom stereocenters. The number of rotatable bonds is 9. The third-order valence-corrected chi connectivity index (χ3v) is 7.34. The Bertz CT molecular complexity index is 1140. The van der Waals surface area contributed by atoms with E-state index >= 15 is 0 Å². The molecule has 1 unspecified atom stereocenters. The number of benzene rings is 2. The fraction of sp³-hybridized carbons (Fsp3) is 0.484. The van der Waals surface area contributed by atoms with Crippen molar-refractivity contribution in [2.75, 3.05) is 46.0 Å². The largest absolute Gasteiger partial charge is 0.872 e. The van der Waals surface area contributed by atoms with Crippen LogP contribution in [0.1, 0.15) is 63.3 Å². The minimum Gasteiger partial charge on any atom is -0.872 e. The van der Waals surface area contributed by atoms with Crippen molar-refractivity contribution in [2.45, 2.75) is 52.0 Å². The molecular weight excluding hydrogens is 480 g/mol. The quantitative estimate of drug-likeness (QED) is 0.312. The first-order valence-electron chi connectivity index (χ1n) is 13.7. The summed E-state index contributed by atoms with van der Waals surface area (Å²) in [6.07, 6.45) is 1.63. The predicted octanol–water partition coefficient (Wildman–Crippen LogP) is 2.30. The molecule has 1 amide bonds. The van der Waals surface area contributed by atoms with Crippen molar-refractivity contribution >= 4 is 17.4 Å². The molecule has 2 aliphatic heterocycles. The number of hydrogen-bond acceptors (Lipinski definition) is 5. The lowest BCUT2D eigenvalue weighted by molar-refractivity contribution is -0.908. The van der Waals surface area contributed by atoms with Crippen LogP contribution in [0.25, 0.3) is 5.76 Å². The Morgan fingerprint density at radius 2 is 1.71 bits per heavy atom. The Morgan fingerprint density at radius 1 is 1.05 bits per heavy atom. The monoisotopic (exact) mass is 520 g/mol. The van der Waals surface area contributed by atoms with E-state index in [2.05, 4.69) is 20.8 Å². The summed E-state index contributed by atoms with van der Waals surface area (Å²) < 4.78 is 11.1. The van der Waals surface area contributed by atoms with Crippen LogP contribution < -0.4 is 14.7 Å². The molecule has 0 spiro atoms. The molecule has 7 nitrogen and oxygen atoms in total. The molecule has 0 saturated carbocycles. The van der Waals surface area contributed by atoms with Crippen LogP contribution in [0.2, 0.25) is 0 Å². The number of nitrogens with one attached hydrogen (secondary N) is 1. The van der Waals surface area contributed by atoms with Crippen LogP contribution in [0.15, 0.2) is 54.1 Å². The van der Waals surface area contributed by atoms with Crippen molar-refractivity contribution in [1.29, 1.82) is 0 Å². The molecule has 0 aliphatic carbocycles. The third kappa shape index (κ3) is 6.27. The maximum absolute atomic E-state index is 13.7. The van der Waals surface area contributed by atoms with Crippen LogP contribution in [0.5, 0.6) is 5.75 Å². The van der Waals surface area contributed by atoms with Gasteiger partial charge in [0.05, 0.1) is 32.4 Å². The molecule has 2 heterocycles. The number of amides is 1. The molecule has 2 fully saturated rings. The highest BCUT2D eigenvalue weighted by Crippen LogP contribution is 2.39. The summed E-state index contributed by atoms with van der Waals surface area (Å²) in [7, 11) is 0. The summed E-state index contributed by atoms with van der Waals surface area (Å²) in [5.74, 6) is -1.04. The maximum atomic E-state index is 13.7. The van der Waals surface area contributed by atoms with E-state index in [-0.39, 0.29) is 11.0 Å². The first-order valence-corrected chi connectivity index (χ1v) is 13.7. The molecule has 0 aromatic heterocycles. The molecule has 2 aromatic carbocycles. The van der Waals surface area contributed by atoms with Crippen LogP contribution in [-0.4, -0.2) is 62.6 Å². The second-order valence-electron chi connectivity index (χ2n) is 11.2. The molecule has 2 aliphatic rings. The minimum atomic E-state index is -0.704. The van der Waals surface area contributed by atoms with Crippen LogP contribution in [0.3, 0.4) is 0 Å². The molecule has 2 aromatic rings. The number of morpholine rings is 1. The zero-order valence-electron chi connectivity index (χ0n) is 23.0. The van der Waals surface area contributed by atoms with Gasteiger partial charge in [0.1, 0.15) is 18.8 Å². The van der Waals surface area contributed by atoms with Gasteiger partial charge in [-0.3, -0.25) is 9.59 Å². The van der Waals surface area contributed by atoms with Crippen molar-refractivity contribution in [2.24, 2.45) is 0 Å². The first kappa shape index (κ1) is 27.9. The van der Waals surface area contributed by atoms with E-state index in [1.807, 2.05) is 31.2 Å². The average molecular weight is 521 g/mol. The Hall–Kier alpha value is -3.16. The van der Waals surface area contributed by atoms with Gasteiger partial charge in [0, 0.05) is 18.5 Å². The number of likely N-dealkylation sites (tertiary alicyclic amines) is 1. The van der Waals surface area contributed by atoms with Crippen LogP contribution in [0.4, 0.5) is 0 Å². The minimum absolute atomic E-state index is 0.0273. The van der Waals surface area contributed by atoms with Crippen molar-refractivity contribution < 1.29 is 29.1 Å². The highest BCUT2D eigenvalue weighted by molar-refractivity contribution is 6.46. The number of ketones is 1. The Morgan fingerprint density at radius 3 is 2.32 bits per heavy atom. The molecule has 38 heavy (non-hydrogen) atoms. The number of carbonyl (C=O) groups is 2. The molecule has 0 bridgehead atoms. The van der Waals surface area contributed by atoms with E-state index in [0.29, 0.717) is 24.5 Å². The van der Waals surface area contributed by atoms with Gasteiger partial charge in [-0.25, -0.2) is 0 Å². The summed E-state index contributed by atoms with van der Waals surface area (Å²) in [5, 5.41) is 13.7. The Kier molecular flexibility index (Phi) is 8.90. The first-order chi connectivity index (χ1) is 18.2. The smallest absolute Gasteiger partial charge is 0.295 e. The van der Waals surface area contributed by atoms with Gasteiger partial charge in [-0.1, -0.05) is 69.9 Å². The number of ether oxygens (including phenoxy) is 2. The number of quaternary nitrogens is 1.